The lowest BCUT2D eigenvalue weighted by Crippen LogP contribution is -2.50. The lowest BCUT2D eigenvalue weighted by Gasteiger charge is -2.35. The number of hydrogen-bond donors (Lipinski definition) is 4. The zero-order chi connectivity index (χ0) is 19.7. The minimum Gasteiger partial charge on any atom is -0.508 e. The van der Waals surface area contributed by atoms with Crippen LogP contribution in [0, 0.1) is 0 Å². The summed E-state index contributed by atoms with van der Waals surface area (Å²) in [5.74, 6) is 0.218. The molecular formula is C20H22O8. The maximum Gasteiger partial charge on any atom is 0.184 e. The molecule has 0 saturated carbocycles. The maximum atomic E-state index is 10.7. The first-order valence-electron chi connectivity index (χ1n) is 8.99. The van der Waals surface area contributed by atoms with Gasteiger partial charge in [0.2, 0.25) is 0 Å². The summed E-state index contributed by atoms with van der Waals surface area (Å²) in [5, 5.41) is 40.2. The fraction of sp³-hybridized carbons (Fsp3) is 0.400. The SMILES string of the molecule is Oc1ccc(C2OC[C@@H]3OC(c4ccc(O)cc4)OC[C@@H](O)[C@H](O2)[C@H]3O)cc1. The van der Waals surface area contributed by atoms with Crippen LogP contribution in [0.4, 0.5) is 0 Å². The smallest absolute Gasteiger partial charge is 0.184 e. The largest absolute Gasteiger partial charge is 0.508 e. The second-order valence-corrected chi connectivity index (χ2v) is 6.85. The van der Waals surface area contributed by atoms with Crippen molar-refractivity contribution in [2.24, 2.45) is 0 Å². The molecule has 2 aliphatic heterocycles. The first-order chi connectivity index (χ1) is 13.5. The van der Waals surface area contributed by atoms with E-state index >= 15 is 0 Å². The Bertz CT molecular complexity index is 734. The van der Waals surface area contributed by atoms with Gasteiger partial charge in [0.05, 0.1) is 13.2 Å². The summed E-state index contributed by atoms with van der Waals surface area (Å²) in [6.07, 6.45) is -5.71. The number of fused-ring (bicyclic) bond motifs is 2. The fourth-order valence-electron chi connectivity index (χ4n) is 3.28. The van der Waals surface area contributed by atoms with Crippen molar-refractivity contribution < 1.29 is 39.4 Å². The van der Waals surface area contributed by atoms with E-state index in [1.807, 2.05) is 0 Å². The molecule has 2 aromatic carbocycles. The summed E-state index contributed by atoms with van der Waals surface area (Å²) >= 11 is 0. The zero-order valence-electron chi connectivity index (χ0n) is 14.9. The van der Waals surface area contributed by atoms with Gasteiger partial charge in [-0.1, -0.05) is 24.3 Å². The van der Waals surface area contributed by atoms with Crippen molar-refractivity contribution in [1.82, 2.24) is 0 Å². The summed E-state index contributed by atoms with van der Waals surface area (Å²) in [4.78, 5) is 0. The zero-order valence-corrected chi connectivity index (χ0v) is 14.9. The van der Waals surface area contributed by atoms with Crippen molar-refractivity contribution in [3.63, 3.8) is 0 Å². The highest BCUT2D eigenvalue weighted by atomic mass is 16.7. The molecule has 6 atom stereocenters. The van der Waals surface area contributed by atoms with Gasteiger partial charge < -0.3 is 39.4 Å². The van der Waals surface area contributed by atoms with E-state index < -0.39 is 37.0 Å². The second-order valence-electron chi connectivity index (χ2n) is 6.85. The molecule has 8 nitrogen and oxygen atoms in total. The molecule has 0 aromatic heterocycles. The number of benzene rings is 2. The number of phenolic OH excluding ortho intramolecular Hbond substituents is 2. The Morgan fingerprint density at radius 2 is 1.18 bits per heavy atom. The van der Waals surface area contributed by atoms with Gasteiger partial charge >= 0.3 is 0 Å². The molecule has 0 amide bonds. The van der Waals surface area contributed by atoms with Crippen molar-refractivity contribution in [2.75, 3.05) is 13.2 Å². The van der Waals surface area contributed by atoms with Gasteiger partial charge in [0.25, 0.3) is 0 Å². The number of aromatic hydroxyl groups is 2. The Morgan fingerprint density at radius 1 is 0.679 bits per heavy atom. The highest BCUT2D eigenvalue weighted by Gasteiger charge is 2.43. The van der Waals surface area contributed by atoms with Crippen LogP contribution in [-0.2, 0) is 18.9 Å². The summed E-state index contributed by atoms with van der Waals surface area (Å²) in [6.45, 7) is -0.115. The van der Waals surface area contributed by atoms with Gasteiger partial charge in [-0.2, -0.15) is 0 Å². The summed E-state index contributed by atoms with van der Waals surface area (Å²) in [6, 6.07) is 12.6. The molecule has 2 aliphatic rings. The Hall–Kier alpha value is -2.20. The van der Waals surface area contributed by atoms with E-state index in [-0.39, 0.29) is 24.7 Å². The molecule has 8 heteroatoms. The third-order valence-corrected chi connectivity index (χ3v) is 4.84. The van der Waals surface area contributed by atoms with Crippen LogP contribution < -0.4 is 0 Å². The Kier molecular flexibility index (Phi) is 5.49. The highest BCUT2D eigenvalue weighted by Crippen LogP contribution is 2.34. The molecule has 2 fully saturated rings. The molecule has 0 aliphatic carbocycles. The Balaban J connectivity index is 1.57. The molecule has 4 rings (SSSR count). The van der Waals surface area contributed by atoms with Crippen LogP contribution in [0.2, 0.25) is 0 Å². The summed E-state index contributed by atoms with van der Waals surface area (Å²) < 4.78 is 23.2. The number of phenols is 2. The van der Waals surface area contributed by atoms with Crippen LogP contribution in [0.1, 0.15) is 23.7 Å². The monoisotopic (exact) mass is 390 g/mol. The van der Waals surface area contributed by atoms with Gasteiger partial charge in [-0.25, -0.2) is 0 Å². The summed E-state index contributed by atoms with van der Waals surface area (Å²) in [7, 11) is 0. The lowest BCUT2D eigenvalue weighted by atomic mass is 10.0. The van der Waals surface area contributed by atoms with Gasteiger partial charge in [-0.05, 0) is 24.3 Å². The molecule has 2 bridgehead atoms. The predicted octanol–water partition coefficient (Wildman–Crippen LogP) is 1.35. The summed E-state index contributed by atoms with van der Waals surface area (Å²) in [5.41, 5.74) is 1.27. The average Bonchev–Trinajstić information content (AvgIpc) is 2.87. The molecular weight excluding hydrogens is 368 g/mol. The quantitative estimate of drug-likeness (QED) is 0.607. The molecule has 0 radical (unpaired) electrons. The molecule has 150 valence electrons. The van der Waals surface area contributed by atoms with Crippen LogP contribution in [0.5, 0.6) is 11.5 Å². The average molecular weight is 390 g/mol. The van der Waals surface area contributed by atoms with E-state index in [2.05, 4.69) is 0 Å². The van der Waals surface area contributed by atoms with Gasteiger partial charge in [0, 0.05) is 11.1 Å². The molecule has 2 aromatic rings. The number of rotatable bonds is 2. The van der Waals surface area contributed by atoms with E-state index in [0.717, 1.165) is 0 Å². The van der Waals surface area contributed by atoms with Gasteiger partial charge in [-0.15, -0.1) is 0 Å². The molecule has 2 heterocycles. The predicted molar refractivity (Wildman–Crippen MR) is 95.4 cm³/mol. The van der Waals surface area contributed by atoms with Crippen LogP contribution in [0.25, 0.3) is 0 Å². The molecule has 4 N–H and O–H groups in total. The van der Waals surface area contributed by atoms with Gasteiger partial charge in [0.15, 0.2) is 12.6 Å². The topological polar surface area (TPSA) is 118 Å². The van der Waals surface area contributed by atoms with E-state index in [4.69, 9.17) is 18.9 Å². The minimum atomic E-state index is -1.14. The van der Waals surface area contributed by atoms with Crippen molar-refractivity contribution in [2.45, 2.75) is 37.0 Å². The van der Waals surface area contributed by atoms with Crippen LogP contribution >= 0.6 is 0 Å². The Morgan fingerprint density at radius 3 is 1.75 bits per heavy atom. The van der Waals surface area contributed by atoms with Gasteiger partial charge in [-0.3, -0.25) is 0 Å². The second kappa shape index (κ2) is 8.04. The van der Waals surface area contributed by atoms with E-state index in [0.29, 0.717) is 11.1 Å². The first kappa shape index (κ1) is 19.1. The van der Waals surface area contributed by atoms with E-state index in [1.165, 1.54) is 24.3 Å². The van der Waals surface area contributed by atoms with Crippen LogP contribution in [0.3, 0.4) is 0 Å². The van der Waals surface area contributed by atoms with Crippen molar-refractivity contribution >= 4 is 0 Å². The molecule has 0 spiro atoms. The molecule has 2 unspecified atom stereocenters. The maximum absolute atomic E-state index is 10.7. The minimum absolute atomic E-state index is 0.00781. The van der Waals surface area contributed by atoms with E-state index in [9.17, 15) is 20.4 Å². The van der Waals surface area contributed by atoms with Crippen LogP contribution in [-0.4, -0.2) is 58.1 Å². The third-order valence-electron chi connectivity index (χ3n) is 4.84. The standard InChI is InChI=1S/C20H22O8/c21-13-5-1-11(2-6-13)19-25-9-15(23)18-17(24)16(27-19)10-26-20(28-18)12-3-7-14(22)8-4-12/h1-8,15-24H,9-10H2/t15-,16+,17+,18+,19?,20?/m1/s1. The number of aliphatic hydroxyl groups excluding tert-OH is 2. The van der Waals surface area contributed by atoms with Crippen molar-refractivity contribution in [3.8, 4) is 11.5 Å². The molecule has 28 heavy (non-hydrogen) atoms. The number of hydrogen-bond acceptors (Lipinski definition) is 8. The lowest BCUT2D eigenvalue weighted by molar-refractivity contribution is -0.252. The number of ether oxygens (including phenoxy) is 4. The number of aliphatic hydroxyl groups is 2. The molecule has 2 saturated heterocycles. The van der Waals surface area contributed by atoms with Crippen LogP contribution in [0.15, 0.2) is 48.5 Å². The fourth-order valence-corrected chi connectivity index (χ4v) is 3.28. The van der Waals surface area contributed by atoms with Gasteiger partial charge in [0.1, 0.15) is 35.9 Å². The first-order valence-corrected chi connectivity index (χ1v) is 8.99. The normalized spacial score (nSPS) is 33.5. The highest BCUT2D eigenvalue weighted by molar-refractivity contribution is 5.27. The van der Waals surface area contributed by atoms with Crippen molar-refractivity contribution in [3.05, 3.63) is 59.7 Å². The van der Waals surface area contributed by atoms with Crippen molar-refractivity contribution in [1.29, 1.82) is 0 Å². The van der Waals surface area contributed by atoms with E-state index in [1.54, 1.807) is 24.3 Å². The third kappa shape index (κ3) is 3.97. The Labute approximate surface area is 161 Å².